The Balaban J connectivity index is 2.48. The maximum absolute atomic E-state index is 11.5. The number of nitrogens with zero attached hydrogens (tertiary/aromatic N) is 2. The fraction of sp³-hybridized carbons (Fsp3) is 0.636. The van der Waals surface area contributed by atoms with Crippen LogP contribution < -0.4 is 5.32 Å². The summed E-state index contributed by atoms with van der Waals surface area (Å²) < 4.78 is 2.05. The summed E-state index contributed by atoms with van der Waals surface area (Å²) in [6.07, 6.45) is 5.79. The third-order valence-corrected chi connectivity index (χ3v) is 2.28. The Morgan fingerprint density at radius 2 is 2.40 bits per heavy atom. The highest BCUT2D eigenvalue weighted by Crippen LogP contribution is 2.02. The second-order valence-electron chi connectivity index (χ2n) is 3.61. The first-order chi connectivity index (χ1) is 7.27. The molecule has 0 aliphatic rings. The summed E-state index contributed by atoms with van der Waals surface area (Å²) in [4.78, 5) is 15.7. The molecule has 1 rings (SSSR count). The number of carbonyl (C=O) groups excluding carboxylic acids is 1. The van der Waals surface area contributed by atoms with Gasteiger partial charge in [0.15, 0.2) is 0 Å². The Morgan fingerprint density at radius 1 is 1.60 bits per heavy atom. The van der Waals surface area contributed by atoms with E-state index in [0.717, 1.165) is 25.3 Å². The van der Waals surface area contributed by atoms with Gasteiger partial charge in [0.1, 0.15) is 11.6 Å². The van der Waals surface area contributed by atoms with Crippen LogP contribution in [0, 0.1) is 0 Å². The molecule has 0 bridgehead atoms. The van der Waals surface area contributed by atoms with Crippen LogP contribution in [0.2, 0.25) is 0 Å². The number of hydrogen-bond acceptors (Lipinski definition) is 3. The first-order valence-electron chi connectivity index (χ1n) is 5.44. The largest absolute Gasteiger partial charge is 0.335 e. The van der Waals surface area contributed by atoms with E-state index in [9.17, 15) is 4.79 Å². The van der Waals surface area contributed by atoms with Crippen LogP contribution in [0.25, 0.3) is 0 Å². The van der Waals surface area contributed by atoms with Gasteiger partial charge in [-0.2, -0.15) is 0 Å². The molecule has 1 aromatic rings. The number of ketones is 1. The average molecular weight is 209 g/mol. The van der Waals surface area contributed by atoms with Crippen LogP contribution in [0.3, 0.4) is 0 Å². The van der Waals surface area contributed by atoms with Gasteiger partial charge in [-0.15, -0.1) is 0 Å². The number of nitrogens with one attached hydrogen (secondary N) is 1. The second-order valence-corrected chi connectivity index (χ2v) is 3.61. The predicted octanol–water partition coefficient (Wildman–Crippen LogP) is 1.01. The normalized spacial score (nSPS) is 10.5. The van der Waals surface area contributed by atoms with Crippen LogP contribution in [0.4, 0.5) is 0 Å². The lowest BCUT2D eigenvalue weighted by molar-refractivity contribution is -0.118. The Labute approximate surface area is 90.7 Å². The first kappa shape index (κ1) is 11.9. The van der Waals surface area contributed by atoms with Crippen molar-refractivity contribution in [2.45, 2.75) is 32.7 Å². The van der Waals surface area contributed by atoms with Crippen LogP contribution in [0.1, 0.15) is 25.6 Å². The molecule has 0 aliphatic carbocycles. The molecule has 1 N–H and O–H groups in total. The number of imidazole rings is 1. The van der Waals surface area contributed by atoms with Gasteiger partial charge >= 0.3 is 0 Å². The molecular weight excluding hydrogens is 190 g/mol. The Bertz CT molecular complexity index is 307. The van der Waals surface area contributed by atoms with Crippen LogP contribution in [-0.2, 0) is 17.8 Å². The van der Waals surface area contributed by atoms with E-state index in [1.54, 1.807) is 6.20 Å². The molecule has 1 heterocycles. The molecule has 0 radical (unpaired) electrons. The van der Waals surface area contributed by atoms with E-state index in [1.807, 2.05) is 13.2 Å². The van der Waals surface area contributed by atoms with Crippen molar-refractivity contribution in [3.05, 3.63) is 18.2 Å². The van der Waals surface area contributed by atoms with Gasteiger partial charge in [0.2, 0.25) is 0 Å². The van der Waals surface area contributed by atoms with E-state index < -0.39 is 0 Å². The lowest BCUT2D eigenvalue weighted by atomic mass is 10.2. The van der Waals surface area contributed by atoms with Crippen molar-refractivity contribution in [3.63, 3.8) is 0 Å². The van der Waals surface area contributed by atoms with Crippen LogP contribution in [-0.4, -0.2) is 28.9 Å². The van der Waals surface area contributed by atoms with Gasteiger partial charge < -0.3 is 9.88 Å². The molecule has 0 aliphatic heterocycles. The molecule has 4 nitrogen and oxygen atoms in total. The fourth-order valence-electron chi connectivity index (χ4n) is 1.48. The molecular formula is C11H19N3O. The molecule has 15 heavy (non-hydrogen) atoms. The molecule has 0 saturated carbocycles. The average Bonchev–Trinajstić information content (AvgIpc) is 2.63. The fourth-order valence-corrected chi connectivity index (χ4v) is 1.48. The SMILES string of the molecule is CCCn1ccnc1CC(=O)CCNC. The van der Waals surface area contributed by atoms with E-state index in [4.69, 9.17) is 0 Å². The number of aryl methyl sites for hydroxylation is 1. The minimum atomic E-state index is 0.243. The maximum atomic E-state index is 11.5. The third-order valence-electron chi connectivity index (χ3n) is 2.28. The monoisotopic (exact) mass is 209 g/mol. The predicted molar refractivity (Wildman–Crippen MR) is 59.8 cm³/mol. The Morgan fingerprint density at radius 3 is 3.07 bits per heavy atom. The van der Waals surface area contributed by atoms with Gasteiger partial charge in [-0.05, 0) is 13.5 Å². The Hall–Kier alpha value is -1.16. The van der Waals surface area contributed by atoms with Crippen molar-refractivity contribution in [1.82, 2.24) is 14.9 Å². The van der Waals surface area contributed by atoms with Crippen molar-refractivity contribution in [2.24, 2.45) is 0 Å². The summed E-state index contributed by atoms with van der Waals surface area (Å²) in [5.74, 6) is 1.13. The maximum Gasteiger partial charge on any atom is 0.141 e. The van der Waals surface area contributed by atoms with Gasteiger partial charge in [-0.25, -0.2) is 4.98 Å². The molecule has 0 unspecified atom stereocenters. The van der Waals surface area contributed by atoms with Gasteiger partial charge in [0.05, 0.1) is 6.42 Å². The minimum absolute atomic E-state index is 0.243. The highest BCUT2D eigenvalue weighted by Gasteiger charge is 2.07. The van der Waals surface area contributed by atoms with Gasteiger partial charge in [0.25, 0.3) is 0 Å². The molecule has 0 saturated heterocycles. The lowest BCUT2D eigenvalue weighted by Crippen LogP contribution is -2.16. The first-order valence-corrected chi connectivity index (χ1v) is 5.44. The molecule has 0 fully saturated rings. The van der Waals surface area contributed by atoms with Gasteiger partial charge in [0, 0.05) is 31.9 Å². The molecule has 0 aromatic carbocycles. The zero-order valence-corrected chi connectivity index (χ0v) is 9.49. The second kappa shape index (κ2) is 6.35. The molecule has 0 amide bonds. The minimum Gasteiger partial charge on any atom is -0.335 e. The lowest BCUT2D eigenvalue weighted by Gasteiger charge is -2.05. The standard InChI is InChI=1S/C11H19N3O/c1-3-7-14-8-6-13-11(14)9-10(15)4-5-12-2/h6,8,12H,3-5,7,9H2,1-2H3. The Kier molecular flexibility index (Phi) is 5.04. The highest BCUT2D eigenvalue weighted by atomic mass is 16.1. The molecule has 0 spiro atoms. The quantitative estimate of drug-likeness (QED) is 0.729. The molecule has 1 aromatic heterocycles. The number of carbonyl (C=O) groups is 1. The van der Waals surface area contributed by atoms with Crippen LogP contribution in [0.5, 0.6) is 0 Å². The topological polar surface area (TPSA) is 46.9 Å². The molecule has 0 atom stereocenters. The number of Topliss-reactive ketones (excluding diaryl/α,β-unsaturated/α-hetero) is 1. The number of rotatable bonds is 7. The van der Waals surface area contributed by atoms with E-state index >= 15 is 0 Å². The van der Waals surface area contributed by atoms with Crippen molar-refractivity contribution in [2.75, 3.05) is 13.6 Å². The van der Waals surface area contributed by atoms with Gasteiger partial charge in [-0.3, -0.25) is 4.79 Å². The highest BCUT2D eigenvalue weighted by molar-refractivity contribution is 5.80. The van der Waals surface area contributed by atoms with Crippen LogP contribution in [0.15, 0.2) is 12.4 Å². The summed E-state index contributed by atoms with van der Waals surface area (Å²) in [5, 5.41) is 2.97. The number of hydrogen-bond donors (Lipinski definition) is 1. The van der Waals surface area contributed by atoms with Gasteiger partial charge in [-0.1, -0.05) is 6.92 Å². The summed E-state index contributed by atoms with van der Waals surface area (Å²) in [5.41, 5.74) is 0. The molecule has 84 valence electrons. The smallest absolute Gasteiger partial charge is 0.141 e. The summed E-state index contributed by atoms with van der Waals surface area (Å²) in [7, 11) is 1.85. The third kappa shape index (κ3) is 3.83. The zero-order valence-electron chi connectivity index (χ0n) is 9.49. The van der Waals surface area contributed by atoms with Crippen molar-refractivity contribution in [3.8, 4) is 0 Å². The zero-order chi connectivity index (χ0) is 11.1. The van der Waals surface area contributed by atoms with E-state index in [0.29, 0.717) is 12.8 Å². The van der Waals surface area contributed by atoms with E-state index in [1.165, 1.54) is 0 Å². The van der Waals surface area contributed by atoms with Crippen LogP contribution >= 0.6 is 0 Å². The van der Waals surface area contributed by atoms with Crippen molar-refractivity contribution in [1.29, 1.82) is 0 Å². The summed E-state index contributed by atoms with van der Waals surface area (Å²) in [6, 6.07) is 0. The summed E-state index contributed by atoms with van der Waals surface area (Å²) >= 11 is 0. The molecule has 4 heteroatoms. The van der Waals surface area contributed by atoms with Crippen molar-refractivity contribution >= 4 is 5.78 Å². The number of aromatic nitrogens is 2. The van der Waals surface area contributed by atoms with E-state index in [-0.39, 0.29) is 5.78 Å². The van der Waals surface area contributed by atoms with Crippen molar-refractivity contribution < 1.29 is 4.79 Å². The summed E-state index contributed by atoms with van der Waals surface area (Å²) in [6.45, 7) is 3.80. The van der Waals surface area contributed by atoms with E-state index in [2.05, 4.69) is 21.8 Å².